The van der Waals surface area contributed by atoms with Crippen LogP contribution in [0.5, 0.6) is 0 Å². The molecule has 33 heavy (non-hydrogen) atoms. The summed E-state index contributed by atoms with van der Waals surface area (Å²) in [7, 11) is 0. The van der Waals surface area contributed by atoms with Crippen molar-refractivity contribution < 1.29 is 9.59 Å². The number of amides is 2. The molecule has 2 amide bonds. The summed E-state index contributed by atoms with van der Waals surface area (Å²) in [6.07, 6.45) is 5.44. The molecule has 0 spiro atoms. The number of unbranched alkanes of at least 4 members (excludes halogenated alkanes) is 1. The van der Waals surface area contributed by atoms with Crippen molar-refractivity contribution >= 4 is 17.8 Å². The van der Waals surface area contributed by atoms with Crippen LogP contribution < -0.4 is 4.90 Å². The second-order valence-electron chi connectivity index (χ2n) is 10.9. The fourth-order valence-corrected chi connectivity index (χ4v) is 7.47. The summed E-state index contributed by atoms with van der Waals surface area (Å²) in [5, 5.41) is 0. The number of hydrogen-bond donors (Lipinski definition) is 0. The number of hydrogen-bond acceptors (Lipinski definition) is 6. The molecule has 1 saturated carbocycles. The standard InChI is InChI=1S/C26H37N5O2/c1-17-18(2)26(5)19(3)25(17,4)20-21(26)23(33)31(22(20)32)12-7-6-11-29-13-15-30(16-14-29)24-27-9-8-10-28-24/h8-10,19-21H,6-7,11-16H2,1-5H3/t19?,20?,21?,25-,26+. The molecular weight excluding hydrogens is 414 g/mol. The Kier molecular flexibility index (Phi) is 5.39. The number of imide groups is 1. The van der Waals surface area contributed by atoms with Crippen molar-refractivity contribution in [2.45, 2.75) is 47.5 Å². The Morgan fingerprint density at radius 1 is 0.879 bits per heavy atom. The maximum absolute atomic E-state index is 13.5. The summed E-state index contributed by atoms with van der Waals surface area (Å²) < 4.78 is 0. The number of anilines is 1. The van der Waals surface area contributed by atoms with E-state index in [9.17, 15) is 9.59 Å². The molecule has 1 aromatic heterocycles. The minimum atomic E-state index is -0.187. The SMILES string of the molecule is CC1=C(C)[C@]2(C)C3C(=O)N(CCCCN4CCN(c5ncccn5)CC4)C(=O)C3[C@@]1(C)C2C. The van der Waals surface area contributed by atoms with Gasteiger partial charge in [0.1, 0.15) is 0 Å². The van der Waals surface area contributed by atoms with Gasteiger partial charge in [-0.3, -0.25) is 19.4 Å². The Morgan fingerprint density at radius 2 is 1.39 bits per heavy atom. The van der Waals surface area contributed by atoms with Crippen molar-refractivity contribution in [1.29, 1.82) is 0 Å². The first-order valence-corrected chi connectivity index (χ1v) is 12.5. The minimum absolute atomic E-state index is 0.0754. The molecule has 2 bridgehead atoms. The molecule has 7 heteroatoms. The van der Waals surface area contributed by atoms with Gasteiger partial charge in [-0.1, -0.05) is 31.9 Å². The number of rotatable bonds is 6. The van der Waals surface area contributed by atoms with Crippen LogP contribution in [-0.4, -0.2) is 70.9 Å². The van der Waals surface area contributed by atoms with Crippen LogP contribution in [0.3, 0.4) is 0 Å². The van der Waals surface area contributed by atoms with Gasteiger partial charge in [0.2, 0.25) is 17.8 Å². The highest BCUT2D eigenvalue weighted by molar-refractivity contribution is 6.07. The van der Waals surface area contributed by atoms with Crippen molar-refractivity contribution in [3.8, 4) is 0 Å². The van der Waals surface area contributed by atoms with E-state index in [1.54, 1.807) is 17.3 Å². The van der Waals surface area contributed by atoms with E-state index in [0.717, 1.165) is 51.5 Å². The monoisotopic (exact) mass is 451 g/mol. The van der Waals surface area contributed by atoms with Gasteiger partial charge in [-0.15, -0.1) is 0 Å². The lowest BCUT2D eigenvalue weighted by Crippen LogP contribution is -2.47. The molecule has 5 atom stereocenters. The Hall–Kier alpha value is -2.28. The lowest BCUT2D eigenvalue weighted by atomic mass is 9.66. The first kappa shape index (κ1) is 22.5. The Bertz CT molecular complexity index is 942. The predicted molar refractivity (Wildman–Crippen MR) is 127 cm³/mol. The summed E-state index contributed by atoms with van der Waals surface area (Å²) in [5.74, 6) is 0.927. The van der Waals surface area contributed by atoms with E-state index in [2.05, 4.69) is 54.4 Å². The molecule has 0 N–H and O–H groups in total. The molecular formula is C26H37N5O2. The third-order valence-electron chi connectivity index (χ3n) is 9.98. The van der Waals surface area contributed by atoms with Crippen LogP contribution in [-0.2, 0) is 9.59 Å². The molecule has 0 aromatic carbocycles. The molecule has 2 aliphatic heterocycles. The van der Waals surface area contributed by atoms with Gasteiger partial charge in [0.05, 0.1) is 11.8 Å². The summed E-state index contributed by atoms with van der Waals surface area (Å²) >= 11 is 0. The van der Waals surface area contributed by atoms with Gasteiger partial charge in [-0.05, 0) is 45.2 Å². The van der Waals surface area contributed by atoms with Gasteiger partial charge in [-0.25, -0.2) is 9.97 Å². The zero-order valence-corrected chi connectivity index (χ0v) is 20.7. The van der Waals surface area contributed by atoms with E-state index in [1.807, 2.05) is 6.07 Å². The molecule has 5 rings (SSSR count). The quantitative estimate of drug-likeness (QED) is 0.376. The van der Waals surface area contributed by atoms with Gasteiger partial charge < -0.3 is 4.90 Å². The highest BCUT2D eigenvalue weighted by Crippen LogP contribution is 2.74. The average Bonchev–Trinajstić information content (AvgIpc) is 3.25. The minimum Gasteiger partial charge on any atom is -0.338 e. The highest BCUT2D eigenvalue weighted by atomic mass is 16.2. The molecule has 3 unspecified atom stereocenters. The molecule has 7 nitrogen and oxygen atoms in total. The van der Waals surface area contributed by atoms with Crippen LogP contribution in [0.25, 0.3) is 0 Å². The van der Waals surface area contributed by atoms with Gasteiger partial charge in [0.25, 0.3) is 0 Å². The highest BCUT2D eigenvalue weighted by Gasteiger charge is 2.75. The van der Waals surface area contributed by atoms with Gasteiger partial charge in [0, 0.05) is 55.9 Å². The molecule has 178 valence electrons. The smallest absolute Gasteiger partial charge is 0.234 e. The van der Waals surface area contributed by atoms with Crippen LogP contribution in [0.1, 0.15) is 47.5 Å². The average molecular weight is 452 g/mol. The molecule has 4 aliphatic rings. The summed E-state index contributed by atoms with van der Waals surface area (Å²) in [6.45, 7) is 16.4. The van der Waals surface area contributed by atoms with Crippen LogP contribution >= 0.6 is 0 Å². The lowest BCUT2D eigenvalue weighted by Gasteiger charge is -2.34. The van der Waals surface area contributed by atoms with Gasteiger partial charge in [0.15, 0.2) is 0 Å². The first-order valence-electron chi connectivity index (χ1n) is 12.5. The summed E-state index contributed by atoms with van der Waals surface area (Å²) in [6, 6.07) is 1.84. The summed E-state index contributed by atoms with van der Waals surface area (Å²) in [5.41, 5.74) is 2.30. The second-order valence-corrected chi connectivity index (χ2v) is 10.9. The Balaban J connectivity index is 1.14. The zero-order valence-electron chi connectivity index (χ0n) is 20.7. The maximum Gasteiger partial charge on any atom is 0.234 e. The number of nitrogens with zero attached hydrogens (tertiary/aromatic N) is 5. The van der Waals surface area contributed by atoms with Crippen LogP contribution in [0.4, 0.5) is 5.95 Å². The number of likely N-dealkylation sites (tertiary alicyclic amines) is 1. The third kappa shape index (κ3) is 3.04. The van der Waals surface area contributed by atoms with Crippen molar-refractivity contribution in [3.63, 3.8) is 0 Å². The van der Waals surface area contributed by atoms with Crippen molar-refractivity contribution in [2.75, 3.05) is 44.2 Å². The van der Waals surface area contributed by atoms with Crippen molar-refractivity contribution in [1.82, 2.24) is 19.8 Å². The van der Waals surface area contributed by atoms with Crippen LogP contribution in [0.2, 0.25) is 0 Å². The lowest BCUT2D eigenvalue weighted by molar-refractivity contribution is -0.142. The van der Waals surface area contributed by atoms with E-state index in [1.165, 1.54) is 11.1 Å². The molecule has 0 radical (unpaired) electrons. The number of allylic oxidation sites excluding steroid dienone is 2. The number of carbonyl (C=O) groups excluding carboxylic acids is 2. The van der Waals surface area contributed by atoms with Gasteiger partial charge in [-0.2, -0.15) is 0 Å². The van der Waals surface area contributed by atoms with E-state index in [0.29, 0.717) is 12.5 Å². The molecule has 3 heterocycles. The third-order valence-corrected chi connectivity index (χ3v) is 9.98. The zero-order chi connectivity index (χ0) is 23.5. The Labute approximate surface area is 197 Å². The van der Waals surface area contributed by atoms with Crippen molar-refractivity contribution in [3.05, 3.63) is 29.6 Å². The largest absolute Gasteiger partial charge is 0.338 e. The predicted octanol–water partition coefficient (Wildman–Crippen LogP) is 2.99. The molecule has 2 aliphatic carbocycles. The van der Waals surface area contributed by atoms with E-state index in [4.69, 9.17) is 0 Å². The molecule has 1 aromatic rings. The van der Waals surface area contributed by atoms with Crippen LogP contribution in [0.15, 0.2) is 29.6 Å². The number of fused-ring (bicyclic) bond motifs is 5. The molecule has 3 fully saturated rings. The number of piperazine rings is 1. The van der Waals surface area contributed by atoms with Crippen molar-refractivity contribution in [2.24, 2.45) is 28.6 Å². The number of aromatic nitrogens is 2. The number of carbonyl (C=O) groups is 2. The Morgan fingerprint density at radius 3 is 1.94 bits per heavy atom. The first-order chi connectivity index (χ1) is 15.7. The van der Waals surface area contributed by atoms with E-state index in [-0.39, 0.29) is 34.5 Å². The normalized spacial score (nSPS) is 36.3. The van der Waals surface area contributed by atoms with Crippen LogP contribution in [0, 0.1) is 28.6 Å². The fourth-order valence-electron chi connectivity index (χ4n) is 7.47. The van der Waals surface area contributed by atoms with Gasteiger partial charge >= 0.3 is 0 Å². The molecule has 2 saturated heterocycles. The summed E-state index contributed by atoms with van der Waals surface area (Å²) in [4.78, 5) is 41.9. The fraction of sp³-hybridized carbons (Fsp3) is 0.692. The van der Waals surface area contributed by atoms with E-state index < -0.39 is 0 Å². The van der Waals surface area contributed by atoms with E-state index >= 15 is 0 Å². The topological polar surface area (TPSA) is 69.6 Å². The second kappa shape index (κ2) is 7.90. The maximum atomic E-state index is 13.5.